The van der Waals surface area contributed by atoms with Crippen molar-refractivity contribution >= 4 is 17.9 Å². The Kier molecular flexibility index (Phi) is 50.4. The van der Waals surface area contributed by atoms with E-state index in [0.29, 0.717) is 19.3 Å². The Labute approximate surface area is 396 Å². The van der Waals surface area contributed by atoms with Gasteiger partial charge in [-0.3, -0.25) is 14.4 Å². The quantitative estimate of drug-likeness (QED) is 0.0262. The normalized spacial score (nSPS) is 12.5. The van der Waals surface area contributed by atoms with Gasteiger partial charge in [0.15, 0.2) is 6.10 Å². The van der Waals surface area contributed by atoms with Gasteiger partial charge in [-0.1, -0.05) is 229 Å². The molecule has 0 aliphatic rings. The van der Waals surface area contributed by atoms with Gasteiger partial charge in [0.05, 0.1) is 0 Å². The van der Waals surface area contributed by atoms with Gasteiger partial charge in [-0.05, 0) is 83.5 Å². The largest absolute Gasteiger partial charge is 0.462 e. The molecule has 0 N–H and O–H groups in total. The molecular formula is C58H102O6. The van der Waals surface area contributed by atoms with Crippen LogP contribution >= 0.6 is 0 Å². The molecule has 0 saturated carbocycles. The van der Waals surface area contributed by atoms with E-state index >= 15 is 0 Å². The summed E-state index contributed by atoms with van der Waals surface area (Å²) in [5.74, 6) is -0.890. The number of ether oxygens (including phenoxy) is 3. The zero-order valence-corrected chi connectivity index (χ0v) is 42.3. The van der Waals surface area contributed by atoms with Crippen LogP contribution in [0, 0.1) is 0 Å². The monoisotopic (exact) mass is 895 g/mol. The van der Waals surface area contributed by atoms with Crippen molar-refractivity contribution in [2.45, 2.75) is 277 Å². The minimum absolute atomic E-state index is 0.0783. The number of allylic oxidation sites excluding steroid dienone is 10. The zero-order chi connectivity index (χ0) is 46.5. The predicted molar refractivity (Wildman–Crippen MR) is 275 cm³/mol. The predicted octanol–water partition coefficient (Wildman–Crippen LogP) is 18.0. The molecule has 64 heavy (non-hydrogen) atoms. The lowest BCUT2D eigenvalue weighted by atomic mass is 10.1. The van der Waals surface area contributed by atoms with Crippen LogP contribution in [0.4, 0.5) is 0 Å². The molecule has 370 valence electrons. The van der Waals surface area contributed by atoms with Crippen LogP contribution in [0.15, 0.2) is 60.8 Å². The molecule has 0 heterocycles. The van der Waals surface area contributed by atoms with E-state index in [9.17, 15) is 14.4 Å². The molecule has 0 fully saturated rings. The lowest BCUT2D eigenvalue weighted by molar-refractivity contribution is -0.167. The Bertz CT molecular complexity index is 1170. The first-order valence-electron chi connectivity index (χ1n) is 27.3. The summed E-state index contributed by atoms with van der Waals surface area (Å²) < 4.78 is 16.8. The fourth-order valence-electron chi connectivity index (χ4n) is 7.66. The van der Waals surface area contributed by atoms with Crippen molar-refractivity contribution in [1.82, 2.24) is 0 Å². The average molecular weight is 895 g/mol. The van der Waals surface area contributed by atoms with Gasteiger partial charge >= 0.3 is 17.9 Å². The summed E-state index contributed by atoms with van der Waals surface area (Å²) in [6, 6.07) is 0. The van der Waals surface area contributed by atoms with Crippen molar-refractivity contribution in [1.29, 1.82) is 0 Å². The third-order valence-electron chi connectivity index (χ3n) is 11.8. The Balaban J connectivity index is 4.26. The van der Waals surface area contributed by atoms with Crippen molar-refractivity contribution < 1.29 is 28.6 Å². The van der Waals surface area contributed by atoms with Gasteiger partial charge < -0.3 is 14.2 Å². The summed E-state index contributed by atoms with van der Waals surface area (Å²) in [6.07, 6.45) is 65.0. The highest BCUT2D eigenvalue weighted by atomic mass is 16.6. The fourth-order valence-corrected chi connectivity index (χ4v) is 7.66. The summed E-state index contributed by atoms with van der Waals surface area (Å²) >= 11 is 0. The fraction of sp³-hybridized carbons (Fsp3) is 0.776. The van der Waals surface area contributed by atoms with E-state index in [0.717, 1.165) is 89.9 Å². The summed E-state index contributed by atoms with van der Waals surface area (Å²) in [5, 5.41) is 0. The van der Waals surface area contributed by atoms with Crippen LogP contribution < -0.4 is 0 Å². The molecule has 6 nitrogen and oxygen atoms in total. The van der Waals surface area contributed by atoms with E-state index in [1.54, 1.807) is 0 Å². The molecule has 0 aliphatic carbocycles. The molecule has 6 heteroatoms. The first-order chi connectivity index (χ1) is 31.5. The molecule has 0 bridgehead atoms. The Hall–Kier alpha value is -2.89. The van der Waals surface area contributed by atoms with Gasteiger partial charge in [-0.2, -0.15) is 0 Å². The van der Waals surface area contributed by atoms with E-state index in [-0.39, 0.29) is 31.1 Å². The van der Waals surface area contributed by atoms with Crippen LogP contribution in [-0.4, -0.2) is 37.2 Å². The van der Waals surface area contributed by atoms with Gasteiger partial charge in [-0.15, -0.1) is 0 Å². The van der Waals surface area contributed by atoms with Crippen LogP contribution in [0.5, 0.6) is 0 Å². The van der Waals surface area contributed by atoms with E-state index < -0.39 is 6.10 Å². The van der Waals surface area contributed by atoms with E-state index in [1.807, 2.05) is 0 Å². The van der Waals surface area contributed by atoms with E-state index in [4.69, 9.17) is 14.2 Å². The Morgan fingerprint density at radius 1 is 0.328 bits per heavy atom. The molecule has 0 aliphatic heterocycles. The SMILES string of the molecule is CC/C=C\C/C=C\C/C=C\CCCCCCCCCC(=O)OC(COC(=O)CCCCCCCCCC)COC(=O)CCCCCCCCCCC/C=C\C/C=C\CCCCCCC. The lowest BCUT2D eigenvalue weighted by Gasteiger charge is -2.18. The smallest absolute Gasteiger partial charge is 0.306 e. The second-order valence-electron chi connectivity index (χ2n) is 18.1. The van der Waals surface area contributed by atoms with E-state index in [2.05, 4.69) is 81.5 Å². The number of unbranched alkanes of at least 4 members (excludes halogenated alkanes) is 28. The van der Waals surface area contributed by atoms with Gasteiger partial charge in [0.25, 0.3) is 0 Å². The molecule has 1 atom stereocenters. The molecule has 0 aromatic rings. The van der Waals surface area contributed by atoms with Crippen molar-refractivity contribution in [3.05, 3.63) is 60.8 Å². The molecule has 0 spiro atoms. The standard InChI is InChI=1S/C58H102O6/c1-4-7-10-13-16-19-21-23-25-27-28-29-30-32-33-35-37-39-42-45-48-51-57(60)63-54-55(53-62-56(59)50-47-44-41-18-15-12-9-6-3)64-58(61)52-49-46-43-40-38-36-34-31-26-24-22-20-17-14-11-8-5-2/h8,11,17,20-21,23-24,26-28,55H,4-7,9-10,12-16,18-19,22,25,29-54H2,1-3H3/b11-8-,20-17-,23-21-,26-24-,28-27-. The molecule has 0 rings (SSSR count). The van der Waals surface area contributed by atoms with Crippen LogP contribution in [0.2, 0.25) is 0 Å². The first kappa shape index (κ1) is 61.1. The summed E-state index contributed by atoms with van der Waals surface area (Å²) in [6.45, 7) is 6.49. The second kappa shape index (κ2) is 52.7. The molecule has 0 aromatic heterocycles. The Morgan fingerprint density at radius 3 is 0.953 bits per heavy atom. The zero-order valence-electron chi connectivity index (χ0n) is 42.3. The van der Waals surface area contributed by atoms with Gasteiger partial charge in [0.1, 0.15) is 13.2 Å². The Morgan fingerprint density at radius 2 is 0.609 bits per heavy atom. The highest BCUT2D eigenvalue weighted by molar-refractivity contribution is 5.71. The van der Waals surface area contributed by atoms with E-state index in [1.165, 1.54) is 141 Å². The number of carbonyl (C=O) groups excluding carboxylic acids is 3. The third kappa shape index (κ3) is 50.1. The number of carbonyl (C=O) groups is 3. The number of hydrogen-bond donors (Lipinski definition) is 0. The van der Waals surface area contributed by atoms with Crippen molar-refractivity contribution in [3.63, 3.8) is 0 Å². The van der Waals surface area contributed by atoms with Crippen molar-refractivity contribution in [2.75, 3.05) is 13.2 Å². The van der Waals surface area contributed by atoms with Crippen LogP contribution in [0.1, 0.15) is 271 Å². The highest BCUT2D eigenvalue weighted by Gasteiger charge is 2.19. The first-order valence-corrected chi connectivity index (χ1v) is 27.3. The molecule has 0 radical (unpaired) electrons. The third-order valence-corrected chi connectivity index (χ3v) is 11.8. The van der Waals surface area contributed by atoms with Gasteiger partial charge in [0, 0.05) is 19.3 Å². The summed E-state index contributed by atoms with van der Waals surface area (Å²) in [5.41, 5.74) is 0. The maximum absolute atomic E-state index is 12.8. The average Bonchev–Trinajstić information content (AvgIpc) is 3.29. The van der Waals surface area contributed by atoms with Crippen LogP contribution in [-0.2, 0) is 28.6 Å². The van der Waals surface area contributed by atoms with Crippen LogP contribution in [0.3, 0.4) is 0 Å². The summed E-state index contributed by atoms with van der Waals surface area (Å²) in [4.78, 5) is 37.9. The highest BCUT2D eigenvalue weighted by Crippen LogP contribution is 2.15. The number of hydrogen-bond acceptors (Lipinski definition) is 6. The minimum atomic E-state index is -0.778. The molecular weight excluding hydrogens is 793 g/mol. The summed E-state index contributed by atoms with van der Waals surface area (Å²) in [7, 11) is 0. The maximum Gasteiger partial charge on any atom is 0.306 e. The minimum Gasteiger partial charge on any atom is -0.462 e. The second-order valence-corrected chi connectivity index (χ2v) is 18.1. The number of esters is 3. The number of rotatable bonds is 49. The molecule has 1 unspecified atom stereocenters. The molecule has 0 saturated heterocycles. The lowest BCUT2D eigenvalue weighted by Crippen LogP contribution is -2.30. The van der Waals surface area contributed by atoms with Crippen LogP contribution in [0.25, 0.3) is 0 Å². The van der Waals surface area contributed by atoms with Crippen molar-refractivity contribution in [2.24, 2.45) is 0 Å². The molecule has 0 aromatic carbocycles. The maximum atomic E-state index is 12.8. The topological polar surface area (TPSA) is 78.9 Å². The van der Waals surface area contributed by atoms with Crippen molar-refractivity contribution in [3.8, 4) is 0 Å². The molecule has 0 amide bonds. The van der Waals surface area contributed by atoms with Gasteiger partial charge in [-0.25, -0.2) is 0 Å². The van der Waals surface area contributed by atoms with Gasteiger partial charge in [0.2, 0.25) is 0 Å².